The number of rotatable bonds is 4. The Bertz CT molecular complexity index is 325. The topological polar surface area (TPSA) is 26.0 Å². The molecule has 1 aliphatic carbocycles. The molecule has 1 aromatic carbocycles. The standard InChI is InChI=1S/C15H23NS/c1-12-7-8-15(16)13(11-12)9-10-17-14-5-3-2-4-6-14/h2-6,12-13,15H,7-11,16H2,1H3. The summed E-state index contributed by atoms with van der Waals surface area (Å²) in [5.41, 5.74) is 6.21. The summed E-state index contributed by atoms with van der Waals surface area (Å²) in [6.45, 7) is 2.36. The van der Waals surface area contributed by atoms with Gasteiger partial charge in [0, 0.05) is 10.9 Å². The maximum Gasteiger partial charge on any atom is 0.00719 e. The Labute approximate surface area is 109 Å². The summed E-state index contributed by atoms with van der Waals surface area (Å²) in [7, 11) is 0. The van der Waals surface area contributed by atoms with Crippen LogP contribution in [0.15, 0.2) is 35.2 Å². The summed E-state index contributed by atoms with van der Waals surface area (Å²) in [6.07, 6.45) is 5.15. The molecule has 17 heavy (non-hydrogen) atoms. The molecule has 1 saturated carbocycles. The number of benzene rings is 1. The molecule has 2 N–H and O–H groups in total. The average Bonchev–Trinajstić information content (AvgIpc) is 2.35. The molecule has 94 valence electrons. The van der Waals surface area contributed by atoms with Crippen LogP contribution in [0.3, 0.4) is 0 Å². The van der Waals surface area contributed by atoms with Crippen molar-refractivity contribution < 1.29 is 0 Å². The minimum Gasteiger partial charge on any atom is -0.327 e. The Hall–Kier alpha value is -0.470. The Morgan fingerprint density at radius 3 is 2.76 bits per heavy atom. The molecule has 2 rings (SSSR count). The van der Waals surface area contributed by atoms with Crippen molar-refractivity contribution in [2.75, 3.05) is 5.75 Å². The SMILES string of the molecule is CC1CCC(N)C(CCSc2ccccc2)C1. The minimum absolute atomic E-state index is 0.447. The van der Waals surface area contributed by atoms with Crippen molar-refractivity contribution in [3.05, 3.63) is 30.3 Å². The van der Waals surface area contributed by atoms with Crippen LogP contribution in [-0.2, 0) is 0 Å². The van der Waals surface area contributed by atoms with E-state index >= 15 is 0 Å². The maximum atomic E-state index is 6.21. The molecule has 1 nitrogen and oxygen atoms in total. The van der Waals surface area contributed by atoms with Crippen molar-refractivity contribution in [2.24, 2.45) is 17.6 Å². The van der Waals surface area contributed by atoms with Gasteiger partial charge in [-0.2, -0.15) is 0 Å². The lowest BCUT2D eigenvalue weighted by atomic mass is 9.78. The molecule has 0 aromatic heterocycles. The summed E-state index contributed by atoms with van der Waals surface area (Å²) >= 11 is 1.96. The van der Waals surface area contributed by atoms with Crippen molar-refractivity contribution in [2.45, 2.75) is 43.5 Å². The van der Waals surface area contributed by atoms with E-state index < -0.39 is 0 Å². The van der Waals surface area contributed by atoms with Gasteiger partial charge in [0.1, 0.15) is 0 Å². The van der Waals surface area contributed by atoms with Crippen molar-refractivity contribution in [1.82, 2.24) is 0 Å². The highest BCUT2D eigenvalue weighted by atomic mass is 32.2. The van der Waals surface area contributed by atoms with Gasteiger partial charge in [-0.05, 0) is 55.4 Å². The maximum absolute atomic E-state index is 6.21. The molecule has 2 heteroatoms. The third kappa shape index (κ3) is 4.04. The Kier molecular flexibility index (Phi) is 4.93. The van der Waals surface area contributed by atoms with Crippen LogP contribution < -0.4 is 5.73 Å². The fraction of sp³-hybridized carbons (Fsp3) is 0.600. The predicted molar refractivity (Wildman–Crippen MR) is 76.3 cm³/mol. The Morgan fingerprint density at radius 1 is 1.24 bits per heavy atom. The molecule has 0 saturated heterocycles. The Balaban J connectivity index is 1.74. The summed E-state index contributed by atoms with van der Waals surface area (Å²) in [4.78, 5) is 1.38. The predicted octanol–water partition coefficient (Wildman–Crippen LogP) is 3.93. The van der Waals surface area contributed by atoms with Gasteiger partial charge in [0.2, 0.25) is 0 Å². The van der Waals surface area contributed by atoms with Crippen LogP contribution in [0.1, 0.15) is 32.6 Å². The number of hydrogen-bond acceptors (Lipinski definition) is 2. The van der Waals surface area contributed by atoms with Gasteiger partial charge in [0.15, 0.2) is 0 Å². The first kappa shape index (κ1) is 13.0. The summed E-state index contributed by atoms with van der Waals surface area (Å²) in [5, 5.41) is 0. The van der Waals surface area contributed by atoms with Crippen LogP contribution in [0.2, 0.25) is 0 Å². The van der Waals surface area contributed by atoms with Crippen LogP contribution in [0, 0.1) is 11.8 Å². The average molecular weight is 249 g/mol. The second-order valence-electron chi connectivity index (χ2n) is 5.29. The number of nitrogens with two attached hydrogens (primary N) is 1. The number of hydrogen-bond donors (Lipinski definition) is 1. The van der Waals surface area contributed by atoms with Gasteiger partial charge < -0.3 is 5.73 Å². The van der Waals surface area contributed by atoms with Crippen LogP contribution in [0.25, 0.3) is 0 Å². The van der Waals surface area contributed by atoms with E-state index in [9.17, 15) is 0 Å². The van der Waals surface area contributed by atoms with E-state index in [1.807, 2.05) is 11.8 Å². The first-order valence-electron chi connectivity index (χ1n) is 6.69. The molecule has 1 aromatic rings. The molecule has 0 bridgehead atoms. The molecule has 0 aliphatic heterocycles. The zero-order valence-corrected chi connectivity index (χ0v) is 11.5. The third-order valence-corrected chi connectivity index (χ3v) is 4.85. The molecular weight excluding hydrogens is 226 g/mol. The largest absolute Gasteiger partial charge is 0.327 e. The van der Waals surface area contributed by atoms with Gasteiger partial charge >= 0.3 is 0 Å². The van der Waals surface area contributed by atoms with Crippen LogP contribution in [0.4, 0.5) is 0 Å². The molecule has 1 fully saturated rings. The van der Waals surface area contributed by atoms with E-state index in [0.29, 0.717) is 6.04 Å². The second kappa shape index (κ2) is 6.46. The molecule has 0 amide bonds. The minimum atomic E-state index is 0.447. The highest BCUT2D eigenvalue weighted by Crippen LogP contribution is 2.31. The zero-order valence-electron chi connectivity index (χ0n) is 10.6. The van der Waals surface area contributed by atoms with Gasteiger partial charge in [0.05, 0.1) is 0 Å². The highest BCUT2D eigenvalue weighted by molar-refractivity contribution is 7.99. The van der Waals surface area contributed by atoms with Crippen molar-refractivity contribution >= 4 is 11.8 Å². The quantitative estimate of drug-likeness (QED) is 0.818. The van der Waals surface area contributed by atoms with Gasteiger partial charge in [-0.25, -0.2) is 0 Å². The molecule has 3 unspecified atom stereocenters. The molecule has 0 radical (unpaired) electrons. The van der Waals surface area contributed by atoms with E-state index in [-0.39, 0.29) is 0 Å². The smallest absolute Gasteiger partial charge is 0.00719 e. The lowest BCUT2D eigenvalue weighted by Crippen LogP contribution is -2.35. The lowest BCUT2D eigenvalue weighted by Gasteiger charge is -2.32. The summed E-state index contributed by atoms with van der Waals surface area (Å²) in [6, 6.07) is 11.1. The van der Waals surface area contributed by atoms with Gasteiger partial charge in [0.25, 0.3) is 0 Å². The van der Waals surface area contributed by atoms with Gasteiger partial charge in [-0.15, -0.1) is 11.8 Å². The van der Waals surface area contributed by atoms with Crippen molar-refractivity contribution in [3.8, 4) is 0 Å². The van der Waals surface area contributed by atoms with E-state index in [0.717, 1.165) is 11.8 Å². The third-order valence-electron chi connectivity index (χ3n) is 3.80. The first-order chi connectivity index (χ1) is 8.25. The molecule has 1 aliphatic rings. The molecule has 0 heterocycles. The van der Waals surface area contributed by atoms with Gasteiger partial charge in [-0.1, -0.05) is 25.1 Å². The van der Waals surface area contributed by atoms with Crippen molar-refractivity contribution in [1.29, 1.82) is 0 Å². The molecule has 0 spiro atoms. The molecular formula is C15H23NS. The van der Waals surface area contributed by atoms with Crippen LogP contribution in [0.5, 0.6) is 0 Å². The van der Waals surface area contributed by atoms with Gasteiger partial charge in [-0.3, -0.25) is 0 Å². The number of thioether (sulfide) groups is 1. The van der Waals surface area contributed by atoms with Crippen LogP contribution in [-0.4, -0.2) is 11.8 Å². The van der Waals surface area contributed by atoms with E-state index in [2.05, 4.69) is 37.3 Å². The Morgan fingerprint density at radius 2 is 2.00 bits per heavy atom. The highest BCUT2D eigenvalue weighted by Gasteiger charge is 2.25. The van der Waals surface area contributed by atoms with Crippen molar-refractivity contribution in [3.63, 3.8) is 0 Å². The second-order valence-corrected chi connectivity index (χ2v) is 6.46. The zero-order chi connectivity index (χ0) is 12.1. The lowest BCUT2D eigenvalue weighted by molar-refractivity contribution is 0.241. The monoisotopic (exact) mass is 249 g/mol. The van der Waals surface area contributed by atoms with Crippen LogP contribution >= 0.6 is 11.8 Å². The fourth-order valence-electron chi connectivity index (χ4n) is 2.70. The molecule has 3 atom stereocenters. The van der Waals surface area contributed by atoms with E-state index in [1.165, 1.54) is 36.3 Å². The normalized spacial score (nSPS) is 29.2. The van der Waals surface area contributed by atoms with E-state index in [1.54, 1.807) is 0 Å². The summed E-state index contributed by atoms with van der Waals surface area (Å²) < 4.78 is 0. The summed E-state index contributed by atoms with van der Waals surface area (Å²) in [5.74, 6) is 2.83. The fourth-order valence-corrected chi connectivity index (χ4v) is 3.70. The van der Waals surface area contributed by atoms with E-state index in [4.69, 9.17) is 5.73 Å². The first-order valence-corrected chi connectivity index (χ1v) is 7.67.